The zero-order chi connectivity index (χ0) is 15.2. The van der Waals surface area contributed by atoms with Crippen LogP contribution in [-0.4, -0.2) is 31.0 Å². The van der Waals surface area contributed by atoms with Gasteiger partial charge >= 0.3 is 5.97 Å². The molecule has 2 N–H and O–H groups in total. The van der Waals surface area contributed by atoms with Crippen molar-refractivity contribution in [2.24, 2.45) is 0 Å². The highest BCUT2D eigenvalue weighted by molar-refractivity contribution is 7.88. The average Bonchev–Trinajstić information content (AvgIpc) is 2.34. The van der Waals surface area contributed by atoms with Crippen LogP contribution in [0, 0.1) is 10.1 Å². The van der Waals surface area contributed by atoms with Gasteiger partial charge in [0.05, 0.1) is 10.7 Å². The molecule has 0 aliphatic rings. The van der Waals surface area contributed by atoms with E-state index in [2.05, 4.69) is 4.72 Å². The largest absolute Gasteiger partial charge is 0.481 e. The molecule has 0 spiro atoms. The van der Waals surface area contributed by atoms with Gasteiger partial charge in [-0.25, -0.2) is 13.1 Å². The molecular weight excluding hydrogens is 288 g/mol. The number of benzene rings is 1. The Morgan fingerprint density at radius 2 is 1.90 bits per heavy atom. The summed E-state index contributed by atoms with van der Waals surface area (Å²) in [6.07, 6.45) is 0.0921. The van der Waals surface area contributed by atoms with Gasteiger partial charge in [-0.15, -0.1) is 0 Å². The summed E-state index contributed by atoms with van der Waals surface area (Å²) in [6.45, 7) is 0.0433. The molecule has 0 saturated heterocycles. The first-order valence-electron chi connectivity index (χ1n) is 5.72. The lowest BCUT2D eigenvalue weighted by Crippen LogP contribution is -2.26. The lowest BCUT2D eigenvalue weighted by atomic mass is 10.2. The van der Waals surface area contributed by atoms with E-state index in [1.807, 2.05) is 0 Å². The summed E-state index contributed by atoms with van der Waals surface area (Å²) in [5.74, 6) is -1.29. The van der Waals surface area contributed by atoms with Crippen LogP contribution in [0.15, 0.2) is 24.3 Å². The molecule has 0 saturated carbocycles. The number of carbonyl (C=O) groups is 1. The predicted octanol–water partition coefficient (Wildman–Crippen LogP) is 0.879. The molecule has 1 aromatic rings. The van der Waals surface area contributed by atoms with Crippen LogP contribution in [0.3, 0.4) is 0 Å². The lowest BCUT2D eigenvalue weighted by molar-refractivity contribution is -0.384. The zero-order valence-corrected chi connectivity index (χ0v) is 11.3. The van der Waals surface area contributed by atoms with E-state index >= 15 is 0 Å². The normalized spacial score (nSPS) is 11.2. The predicted molar refractivity (Wildman–Crippen MR) is 70.6 cm³/mol. The lowest BCUT2D eigenvalue weighted by Gasteiger charge is -2.06. The highest BCUT2D eigenvalue weighted by Crippen LogP contribution is 2.13. The first-order chi connectivity index (χ1) is 9.30. The first kappa shape index (κ1) is 16.1. The van der Waals surface area contributed by atoms with Gasteiger partial charge in [0, 0.05) is 25.1 Å². The highest BCUT2D eigenvalue weighted by atomic mass is 32.2. The smallest absolute Gasteiger partial charge is 0.303 e. The Hall–Kier alpha value is -2.00. The van der Waals surface area contributed by atoms with Crippen LogP contribution in [0.2, 0.25) is 0 Å². The van der Waals surface area contributed by atoms with Crippen LogP contribution in [0.5, 0.6) is 0 Å². The van der Waals surface area contributed by atoms with Crippen LogP contribution in [0.1, 0.15) is 18.4 Å². The number of carboxylic acid groups (broad SMARTS) is 1. The number of aliphatic carboxylic acids is 1. The van der Waals surface area contributed by atoms with E-state index < -0.39 is 20.9 Å². The van der Waals surface area contributed by atoms with E-state index in [0.717, 1.165) is 0 Å². The summed E-state index contributed by atoms with van der Waals surface area (Å²) in [4.78, 5) is 20.2. The third kappa shape index (κ3) is 5.76. The zero-order valence-electron chi connectivity index (χ0n) is 10.5. The van der Waals surface area contributed by atoms with Gasteiger partial charge in [-0.3, -0.25) is 14.9 Å². The van der Waals surface area contributed by atoms with Gasteiger partial charge in [-0.05, 0) is 12.0 Å². The molecule has 110 valence electrons. The number of hydrogen-bond acceptors (Lipinski definition) is 5. The maximum atomic E-state index is 11.7. The van der Waals surface area contributed by atoms with Crippen molar-refractivity contribution in [3.63, 3.8) is 0 Å². The molecule has 0 aliphatic carbocycles. The number of non-ortho nitro benzene ring substituents is 1. The number of hydrogen-bond donors (Lipinski definition) is 2. The summed E-state index contributed by atoms with van der Waals surface area (Å²) in [5, 5.41) is 18.9. The van der Waals surface area contributed by atoms with Gasteiger partial charge < -0.3 is 5.11 Å². The minimum absolute atomic E-state index is 0.0433. The summed E-state index contributed by atoms with van der Waals surface area (Å²) in [5.41, 5.74) is 0.307. The molecule has 0 aliphatic heterocycles. The van der Waals surface area contributed by atoms with Crippen LogP contribution in [0.4, 0.5) is 5.69 Å². The highest BCUT2D eigenvalue weighted by Gasteiger charge is 2.12. The third-order valence-corrected chi connectivity index (χ3v) is 3.75. The van der Waals surface area contributed by atoms with Crippen LogP contribution in [0.25, 0.3) is 0 Å². The van der Waals surface area contributed by atoms with Crippen molar-refractivity contribution in [1.29, 1.82) is 0 Å². The molecule has 9 heteroatoms. The molecule has 1 aromatic carbocycles. The van der Waals surface area contributed by atoms with Crippen molar-refractivity contribution >= 4 is 21.7 Å². The van der Waals surface area contributed by atoms with Gasteiger partial charge in [-0.1, -0.05) is 12.1 Å². The SMILES string of the molecule is O=C(O)CCCNS(=O)(=O)Cc1ccc([N+](=O)[O-])cc1. The second-order valence-corrected chi connectivity index (χ2v) is 5.88. The molecule has 8 nitrogen and oxygen atoms in total. The van der Waals surface area contributed by atoms with E-state index in [1.54, 1.807) is 0 Å². The molecule has 0 amide bonds. The Labute approximate surface area is 115 Å². The van der Waals surface area contributed by atoms with Crippen LogP contribution >= 0.6 is 0 Å². The Morgan fingerprint density at radius 3 is 2.40 bits per heavy atom. The van der Waals surface area contributed by atoms with Crippen molar-refractivity contribution < 1.29 is 23.2 Å². The van der Waals surface area contributed by atoms with Gasteiger partial charge in [-0.2, -0.15) is 0 Å². The van der Waals surface area contributed by atoms with Gasteiger partial charge in [0.15, 0.2) is 0 Å². The number of carboxylic acids is 1. The standard InChI is InChI=1S/C11H14N2O6S/c14-11(15)2-1-7-12-20(18,19)8-9-3-5-10(6-4-9)13(16)17/h3-6,12H,1-2,7-8H2,(H,14,15). The van der Waals surface area contributed by atoms with Crippen LogP contribution < -0.4 is 4.72 Å². The van der Waals surface area contributed by atoms with Crippen molar-refractivity contribution in [1.82, 2.24) is 4.72 Å². The Balaban J connectivity index is 2.53. The van der Waals surface area contributed by atoms with E-state index in [-0.39, 0.29) is 30.8 Å². The first-order valence-corrected chi connectivity index (χ1v) is 7.38. The topological polar surface area (TPSA) is 127 Å². The monoisotopic (exact) mass is 302 g/mol. The molecular formula is C11H14N2O6S. The molecule has 0 atom stereocenters. The number of rotatable bonds is 8. The maximum absolute atomic E-state index is 11.7. The summed E-state index contributed by atoms with van der Waals surface area (Å²) in [6, 6.07) is 5.20. The van der Waals surface area contributed by atoms with Gasteiger partial charge in [0.2, 0.25) is 10.0 Å². The second-order valence-electron chi connectivity index (χ2n) is 4.07. The molecule has 0 bridgehead atoms. The van der Waals surface area contributed by atoms with Crippen molar-refractivity contribution in [2.45, 2.75) is 18.6 Å². The Kier molecular flexibility index (Phi) is 5.59. The minimum atomic E-state index is -3.58. The van der Waals surface area contributed by atoms with E-state index in [1.165, 1.54) is 24.3 Å². The fourth-order valence-electron chi connectivity index (χ4n) is 1.45. The number of sulfonamides is 1. The van der Waals surface area contributed by atoms with E-state index in [0.29, 0.717) is 5.56 Å². The quantitative estimate of drug-likeness (QED) is 0.417. The Morgan fingerprint density at radius 1 is 1.30 bits per heavy atom. The summed E-state index contributed by atoms with van der Waals surface area (Å²) < 4.78 is 25.6. The number of nitro benzene ring substituents is 1. The number of nitro groups is 1. The maximum Gasteiger partial charge on any atom is 0.303 e. The third-order valence-electron chi connectivity index (χ3n) is 2.39. The van der Waals surface area contributed by atoms with Gasteiger partial charge in [0.1, 0.15) is 0 Å². The van der Waals surface area contributed by atoms with Crippen molar-refractivity contribution in [3.05, 3.63) is 39.9 Å². The molecule has 0 aromatic heterocycles. The van der Waals surface area contributed by atoms with E-state index in [9.17, 15) is 23.3 Å². The fourth-order valence-corrected chi connectivity index (χ4v) is 2.64. The number of nitrogens with one attached hydrogen (secondary N) is 1. The van der Waals surface area contributed by atoms with Crippen molar-refractivity contribution in [3.8, 4) is 0 Å². The molecule has 0 radical (unpaired) electrons. The fraction of sp³-hybridized carbons (Fsp3) is 0.364. The summed E-state index contributed by atoms with van der Waals surface area (Å²) >= 11 is 0. The molecule has 20 heavy (non-hydrogen) atoms. The van der Waals surface area contributed by atoms with Crippen molar-refractivity contribution in [2.75, 3.05) is 6.54 Å². The van der Waals surface area contributed by atoms with Crippen LogP contribution in [-0.2, 0) is 20.6 Å². The number of nitrogens with zero attached hydrogens (tertiary/aromatic N) is 1. The Bertz CT molecular complexity index is 581. The second kappa shape index (κ2) is 6.96. The molecule has 0 unspecified atom stereocenters. The van der Waals surface area contributed by atoms with Gasteiger partial charge in [0.25, 0.3) is 5.69 Å². The average molecular weight is 302 g/mol. The minimum Gasteiger partial charge on any atom is -0.481 e. The molecule has 0 fully saturated rings. The van der Waals surface area contributed by atoms with E-state index in [4.69, 9.17) is 5.11 Å². The summed E-state index contributed by atoms with van der Waals surface area (Å²) in [7, 11) is -3.58. The molecule has 1 rings (SSSR count). The molecule has 0 heterocycles.